The summed E-state index contributed by atoms with van der Waals surface area (Å²) in [6.07, 6.45) is 6.61. The molecule has 6 nitrogen and oxygen atoms in total. The molecule has 21 heavy (non-hydrogen) atoms. The maximum Gasteiger partial charge on any atom is 0.220 e. The van der Waals surface area contributed by atoms with Gasteiger partial charge in [0.1, 0.15) is 0 Å². The summed E-state index contributed by atoms with van der Waals surface area (Å²) in [6, 6.07) is 0. The van der Waals surface area contributed by atoms with E-state index in [1.807, 2.05) is 6.92 Å². The van der Waals surface area contributed by atoms with Crippen LogP contribution in [0.5, 0.6) is 0 Å². The van der Waals surface area contributed by atoms with E-state index in [1.165, 1.54) is 12.8 Å². The number of aryl methyl sites for hydroxylation is 1. The second-order valence-electron chi connectivity index (χ2n) is 5.76. The van der Waals surface area contributed by atoms with E-state index in [0.29, 0.717) is 37.6 Å². The second-order valence-corrected chi connectivity index (χ2v) is 5.76. The van der Waals surface area contributed by atoms with Crippen molar-refractivity contribution in [2.75, 3.05) is 6.54 Å². The molecule has 118 valence electrons. The Morgan fingerprint density at radius 2 is 2.19 bits per heavy atom. The second kappa shape index (κ2) is 8.12. The van der Waals surface area contributed by atoms with E-state index in [0.717, 1.165) is 25.2 Å². The van der Waals surface area contributed by atoms with Gasteiger partial charge in [-0.25, -0.2) is 0 Å². The lowest BCUT2D eigenvalue weighted by atomic mass is 10.1. The fraction of sp³-hybridized carbons (Fsp3) is 0.800. The molecule has 1 atom stereocenters. The van der Waals surface area contributed by atoms with Crippen molar-refractivity contribution in [1.82, 2.24) is 15.5 Å². The van der Waals surface area contributed by atoms with Crippen molar-refractivity contribution in [3.8, 4) is 0 Å². The highest BCUT2D eigenvalue weighted by molar-refractivity contribution is 5.76. The first-order valence-corrected chi connectivity index (χ1v) is 7.96. The number of nitrogens with zero attached hydrogens (tertiary/aromatic N) is 2. The third-order valence-electron chi connectivity index (χ3n) is 3.91. The molecule has 1 fully saturated rings. The van der Waals surface area contributed by atoms with Gasteiger partial charge in [0.2, 0.25) is 17.7 Å². The molecule has 1 heterocycles. The Bertz CT molecular complexity index is 441. The third kappa shape index (κ3) is 5.12. The lowest BCUT2D eigenvalue weighted by Gasteiger charge is -2.10. The highest BCUT2D eigenvalue weighted by Crippen LogP contribution is 2.33. The number of hydrogen-bond acceptors (Lipinski definition) is 5. The van der Waals surface area contributed by atoms with Crippen LogP contribution in [-0.2, 0) is 11.2 Å². The van der Waals surface area contributed by atoms with Crippen LogP contribution in [0, 0.1) is 0 Å². The Kier molecular flexibility index (Phi) is 6.17. The molecule has 1 aliphatic carbocycles. The summed E-state index contributed by atoms with van der Waals surface area (Å²) in [4.78, 5) is 11.7. The maximum absolute atomic E-state index is 11.7. The van der Waals surface area contributed by atoms with Gasteiger partial charge in [-0.15, -0.1) is 10.2 Å². The normalized spacial score (nSPS) is 17.0. The van der Waals surface area contributed by atoms with Crippen molar-refractivity contribution >= 4 is 5.91 Å². The number of aliphatic hydroxyl groups excluding tert-OH is 1. The SMILES string of the molecule is CCCC(O)CNC(=O)CCc1nnc(C2CCCC2)o1. The first-order chi connectivity index (χ1) is 10.2. The zero-order valence-corrected chi connectivity index (χ0v) is 12.7. The molecule has 1 unspecified atom stereocenters. The summed E-state index contributed by atoms with van der Waals surface area (Å²) in [5, 5.41) is 20.4. The third-order valence-corrected chi connectivity index (χ3v) is 3.91. The fourth-order valence-electron chi connectivity index (χ4n) is 2.68. The minimum absolute atomic E-state index is 0.0919. The van der Waals surface area contributed by atoms with Gasteiger partial charge < -0.3 is 14.8 Å². The van der Waals surface area contributed by atoms with Gasteiger partial charge in [-0.2, -0.15) is 0 Å². The number of rotatable bonds is 8. The summed E-state index contributed by atoms with van der Waals surface area (Å²) in [7, 11) is 0. The molecule has 2 N–H and O–H groups in total. The van der Waals surface area contributed by atoms with Crippen LogP contribution in [0.15, 0.2) is 4.42 Å². The Labute approximate surface area is 125 Å². The highest BCUT2D eigenvalue weighted by atomic mass is 16.4. The van der Waals surface area contributed by atoms with Crippen LogP contribution in [0.1, 0.15) is 69.6 Å². The largest absolute Gasteiger partial charge is 0.425 e. The molecule has 1 aromatic heterocycles. The Balaban J connectivity index is 1.69. The van der Waals surface area contributed by atoms with Crippen LogP contribution in [0.25, 0.3) is 0 Å². The molecule has 0 bridgehead atoms. The zero-order chi connectivity index (χ0) is 15.1. The Morgan fingerprint density at radius 1 is 1.43 bits per heavy atom. The van der Waals surface area contributed by atoms with Gasteiger partial charge in [0.15, 0.2) is 0 Å². The molecule has 1 aromatic rings. The van der Waals surface area contributed by atoms with Crippen LogP contribution in [0.2, 0.25) is 0 Å². The van der Waals surface area contributed by atoms with Crippen molar-refractivity contribution in [3.05, 3.63) is 11.8 Å². The van der Waals surface area contributed by atoms with Crippen molar-refractivity contribution in [2.45, 2.75) is 70.3 Å². The first kappa shape index (κ1) is 15.9. The molecule has 0 aliphatic heterocycles. The van der Waals surface area contributed by atoms with Gasteiger partial charge in [-0.3, -0.25) is 4.79 Å². The number of carbonyl (C=O) groups excluding carboxylic acids is 1. The average Bonchev–Trinajstić information content (AvgIpc) is 3.13. The minimum atomic E-state index is -0.462. The first-order valence-electron chi connectivity index (χ1n) is 7.96. The van der Waals surface area contributed by atoms with E-state index in [4.69, 9.17) is 4.42 Å². The average molecular weight is 295 g/mol. The van der Waals surface area contributed by atoms with E-state index in [1.54, 1.807) is 0 Å². The van der Waals surface area contributed by atoms with Gasteiger partial charge in [-0.05, 0) is 19.3 Å². The van der Waals surface area contributed by atoms with Gasteiger partial charge >= 0.3 is 0 Å². The van der Waals surface area contributed by atoms with E-state index in [2.05, 4.69) is 15.5 Å². The predicted octanol–water partition coefficient (Wildman–Crippen LogP) is 1.94. The molecular weight excluding hydrogens is 270 g/mol. The van der Waals surface area contributed by atoms with Crippen LogP contribution < -0.4 is 5.32 Å². The maximum atomic E-state index is 11.7. The summed E-state index contributed by atoms with van der Waals surface area (Å²) in [5.74, 6) is 1.57. The van der Waals surface area contributed by atoms with Gasteiger partial charge in [0, 0.05) is 25.3 Å². The Hall–Kier alpha value is -1.43. The van der Waals surface area contributed by atoms with Crippen LogP contribution in [0.4, 0.5) is 0 Å². The zero-order valence-electron chi connectivity index (χ0n) is 12.7. The number of carbonyl (C=O) groups is 1. The van der Waals surface area contributed by atoms with E-state index < -0.39 is 6.10 Å². The summed E-state index contributed by atoms with van der Waals surface area (Å²) >= 11 is 0. The van der Waals surface area contributed by atoms with Gasteiger partial charge in [-0.1, -0.05) is 26.2 Å². The van der Waals surface area contributed by atoms with Gasteiger partial charge in [0.05, 0.1) is 6.10 Å². The summed E-state index contributed by atoms with van der Waals surface area (Å²) in [6.45, 7) is 2.31. The molecule has 0 aromatic carbocycles. The van der Waals surface area contributed by atoms with Crippen molar-refractivity contribution in [3.63, 3.8) is 0 Å². The molecule has 0 saturated heterocycles. The van der Waals surface area contributed by atoms with Crippen molar-refractivity contribution in [2.24, 2.45) is 0 Å². The minimum Gasteiger partial charge on any atom is -0.425 e. The van der Waals surface area contributed by atoms with Crippen molar-refractivity contribution < 1.29 is 14.3 Å². The molecule has 0 radical (unpaired) electrons. The van der Waals surface area contributed by atoms with Crippen LogP contribution in [0.3, 0.4) is 0 Å². The molecule has 1 saturated carbocycles. The fourth-order valence-corrected chi connectivity index (χ4v) is 2.68. The monoisotopic (exact) mass is 295 g/mol. The molecule has 1 aliphatic rings. The smallest absolute Gasteiger partial charge is 0.220 e. The number of aliphatic hydroxyl groups is 1. The van der Waals surface area contributed by atoms with Gasteiger partial charge in [0.25, 0.3) is 0 Å². The number of aromatic nitrogens is 2. The molecule has 0 spiro atoms. The highest BCUT2D eigenvalue weighted by Gasteiger charge is 2.22. The van der Waals surface area contributed by atoms with Crippen LogP contribution >= 0.6 is 0 Å². The molecule has 1 amide bonds. The quantitative estimate of drug-likeness (QED) is 0.765. The lowest BCUT2D eigenvalue weighted by molar-refractivity contribution is -0.121. The number of amides is 1. The van der Waals surface area contributed by atoms with Crippen molar-refractivity contribution in [1.29, 1.82) is 0 Å². The van der Waals surface area contributed by atoms with E-state index in [-0.39, 0.29) is 5.91 Å². The summed E-state index contributed by atoms with van der Waals surface area (Å²) in [5.41, 5.74) is 0. The number of hydrogen-bond donors (Lipinski definition) is 2. The van der Waals surface area contributed by atoms with E-state index >= 15 is 0 Å². The predicted molar refractivity (Wildman–Crippen MR) is 77.8 cm³/mol. The number of nitrogens with one attached hydrogen (secondary N) is 1. The van der Waals surface area contributed by atoms with E-state index in [9.17, 15) is 9.90 Å². The Morgan fingerprint density at radius 3 is 2.90 bits per heavy atom. The molecule has 2 rings (SSSR count). The molecule has 6 heteroatoms. The van der Waals surface area contributed by atoms with Crippen LogP contribution in [-0.4, -0.2) is 33.9 Å². The lowest BCUT2D eigenvalue weighted by Crippen LogP contribution is -2.32. The molecular formula is C15H25N3O3. The topological polar surface area (TPSA) is 88.2 Å². The summed E-state index contributed by atoms with van der Waals surface area (Å²) < 4.78 is 5.63. The standard InChI is InChI=1S/C15H25N3O3/c1-2-5-12(19)10-16-13(20)8-9-14-17-18-15(21-14)11-6-3-4-7-11/h11-12,19H,2-10H2,1H3,(H,16,20).